The molecule has 1 rings (SSSR count). The predicted octanol–water partition coefficient (Wildman–Crippen LogP) is 2.93. The maximum absolute atomic E-state index is 13.2. The number of ether oxygens (including phenoxy) is 1. The van der Waals surface area contributed by atoms with E-state index in [9.17, 15) is 18.8 Å². The molecule has 30 heavy (non-hydrogen) atoms. The molecule has 0 aliphatic rings. The minimum atomic E-state index is -0.820. The van der Waals surface area contributed by atoms with Crippen molar-refractivity contribution in [3.8, 4) is 0 Å². The van der Waals surface area contributed by atoms with Gasteiger partial charge in [0.15, 0.2) is 6.61 Å². The molecule has 10 heteroatoms. The fourth-order valence-electron chi connectivity index (χ4n) is 1.94. The van der Waals surface area contributed by atoms with Gasteiger partial charge in [-0.25, -0.2) is 9.37 Å². The summed E-state index contributed by atoms with van der Waals surface area (Å²) in [5.41, 5.74) is 0.466. The lowest BCUT2D eigenvalue weighted by molar-refractivity contribution is -0.123. The smallest absolute Gasteiger partial charge is 0.269 e. The van der Waals surface area contributed by atoms with Crippen molar-refractivity contribution in [1.29, 1.82) is 0 Å². The molecule has 0 atom stereocenters. The van der Waals surface area contributed by atoms with Gasteiger partial charge in [0.2, 0.25) is 5.91 Å². The molecule has 0 spiro atoms. The van der Waals surface area contributed by atoms with E-state index in [4.69, 9.17) is 16.3 Å². The van der Waals surface area contributed by atoms with Crippen molar-refractivity contribution in [1.82, 2.24) is 15.6 Å². The van der Waals surface area contributed by atoms with Crippen LogP contribution in [0.15, 0.2) is 66.3 Å². The molecule has 0 saturated carbocycles. The SMILES string of the molecule is C=C(CCNC(=O)c1cccc(NC(C)=O)n1)NC(=O)COC(=C)/C=C(/F)C(=C)Cl. The molecule has 0 aliphatic heterocycles. The van der Waals surface area contributed by atoms with Crippen molar-refractivity contribution in [2.75, 3.05) is 18.5 Å². The van der Waals surface area contributed by atoms with E-state index in [0.29, 0.717) is 5.70 Å². The minimum Gasteiger partial charge on any atom is -0.484 e. The number of hydrogen-bond acceptors (Lipinski definition) is 5. The molecular weight excluding hydrogens is 415 g/mol. The third-order valence-electron chi connectivity index (χ3n) is 3.25. The summed E-state index contributed by atoms with van der Waals surface area (Å²) in [6.45, 7) is 11.4. The van der Waals surface area contributed by atoms with Crippen LogP contribution >= 0.6 is 11.6 Å². The minimum absolute atomic E-state index is 0.101. The largest absolute Gasteiger partial charge is 0.484 e. The average molecular weight is 437 g/mol. The molecule has 0 aromatic carbocycles. The Hall–Kier alpha value is -3.46. The number of rotatable bonds is 11. The molecule has 3 amide bonds. The van der Waals surface area contributed by atoms with Crippen molar-refractivity contribution < 1.29 is 23.5 Å². The van der Waals surface area contributed by atoms with Gasteiger partial charge in [-0.1, -0.05) is 37.4 Å². The zero-order chi connectivity index (χ0) is 22.7. The van der Waals surface area contributed by atoms with E-state index in [1.165, 1.54) is 13.0 Å². The number of pyridine rings is 1. The summed E-state index contributed by atoms with van der Waals surface area (Å²) in [7, 11) is 0. The fraction of sp³-hybridized carbons (Fsp3) is 0.200. The van der Waals surface area contributed by atoms with Crippen LogP contribution < -0.4 is 16.0 Å². The van der Waals surface area contributed by atoms with Gasteiger partial charge in [-0.15, -0.1) is 0 Å². The molecule has 0 unspecified atom stereocenters. The van der Waals surface area contributed by atoms with Gasteiger partial charge in [0.05, 0.1) is 5.03 Å². The molecule has 8 nitrogen and oxygen atoms in total. The molecule has 0 aliphatic carbocycles. The van der Waals surface area contributed by atoms with E-state index in [0.717, 1.165) is 6.08 Å². The lowest BCUT2D eigenvalue weighted by atomic mass is 10.3. The second-order valence-corrected chi connectivity index (χ2v) is 6.36. The highest BCUT2D eigenvalue weighted by Gasteiger charge is 2.10. The second kappa shape index (κ2) is 12.2. The summed E-state index contributed by atoms with van der Waals surface area (Å²) < 4.78 is 18.2. The number of nitrogens with one attached hydrogen (secondary N) is 3. The number of allylic oxidation sites excluding steroid dienone is 3. The number of anilines is 1. The molecular formula is C20H22ClFN4O4. The number of hydrogen-bond donors (Lipinski definition) is 3. The Labute approximate surface area is 178 Å². The van der Waals surface area contributed by atoms with E-state index in [2.05, 4.69) is 40.7 Å². The van der Waals surface area contributed by atoms with Crippen molar-refractivity contribution >= 4 is 35.1 Å². The number of amides is 3. The maximum atomic E-state index is 13.2. The predicted molar refractivity (Wildman–Crippen MR) is 112 cm³/mol. The van der Waals surface area contributed by atoms with E-state index in [-0.39, 0.29) is 41.2 Å². The average Bonchev–Trinajstić information content (AvgIpc) is 2.65. The monoisotopic (exact) mass is 436 g/mol. The van der Waals surface area contributed by atoms with E-state index >= 15 is 0 Å². The molecule has 160 valence electrons. The zero-order valence-electron chi connectivity index (χ0n) is 16.4. The van der Waals surface area contributed by atoms with Crippen molar-refractivity contribution in [2.24, 2.45) is 0 Å². The topological polar surface area (TPSA) is 109 Å². The first-order chi connectivity index (χ1) is 14.1. The summed E-state index contributed by atoms with van der Waals surface area (Å²) in [5, 5.41) is 7.29. The van der Waals surface area contributed by atoms with Gasteiger partial charge < -0.3 is 20.7 Å². The van der Waals surface area contributed by atoms with Crippen LogP contribution in [0.3, 0.4) is 0 Å². The molecule has 0 saturated heterocycles. The van der Waals surface area contributed by atoms with Crippen LogP contribution in [0.5, 0.6) is 0 Å². The van der Waals surface area contributed by atoms with Gasteiger partial charge in [-0.3, -0.25) is 14.4 Å². The Morgan fingerprint density at radius 3 is 2.60 bits per heavy atom. The summed E-state index contributed by atoms with van der Waals surface area (Å²) in [5.74, 6) is -1.94. The summed E-state index contributed by atoms with van der Waals surface area (Å²) in [6, 6.07) is 4.64. The van der Waals surface area contributed by atoms with Crippen LogP contribution in [0.1, 0.15) is 23.8 Å². The highest BCUT2D eigenvalue weighted by Crippen LogP contribution is 2.15. The summed E-state index contributed by atoms with van der Waals surface area (Å²) >= 11 is 5.37. The molecule has 3 N–H and O–H groups in total. The van der Waals surface area contributed by atoms with Gasteiger partial charge in [0.25, 0.3) is 11.8 Å². The van der Waals surface area contributed by atoms with Crippen molar-refractivity contribution in [2.45, 2.75) is 13.3 Å². The number of halogens is 2. The van der Waals surface area contributed by atoms with Crippen LogP contribution in [-0.4, -0.2) is 35.9 Å². The molecule has 0 radical (unpaired) electrons. The van der Waals surface area contributed by atoms with E-state index in [1.807, 2.05) is 0 Å². The Balaban J connectivity index is 2.37. The lowest BCUT2D eigenvalue weighted by Gasteiger charge is -2.11. The number of carbonyl (C=O) groups is 3. The second-order valence-electron chi connectivity index (χ2n) is 5.90. The number of nitrogens with zero attached hydrogens (tertiary/aromatic N) is 1. The Kier molecular flexibility index (Phi) is 9.98. The molecule has 0 fully saturated rings. The van der Waals surface area contributed by atoms with Crippen LogP contribution in [-0.2, 0) is 14.3 Å². The normalized spacial score (nSPS) is 10.6. The summed E-state index contributed by atoms with van der Waals surface area (Å²) in [4.78, 5) is 39.0. The van der Waals surface area contributed by atoms with Gasteiger partial charge >= 0.3 is 0 Å². The summed E-state index contributed by atoms with van der Waals surface area (Å²) in [6.07, 6.45) is 1.16. The van der Waals surface area contributed by atoms with Gasteiger partial charge in [0, 0.05) is 31.7 Å². The van der Waals surface area contributed by atoms with Gasteiger partial charge in [0.1, 0.15) is 23.1 Å². The molecule has 0 bridgehead atoms. The molecule has 1 aromatic rings. The standard InChI is InChI=1S/C20H22ClFN4O4/c1-12(24-19(28)11-30-13(2)10-16(22)14(3)21)8-9-23-20(29)17-6-5-7-18(26-17)25-15(4)27/h5-7,10H,1-3,8-9,11H2,4H3,(H,23,29)(H,24,28)(H,25,26,27)/b16-10+. The highest BCUT2D eigenvalue weighted by molar-refractivity contribution is 6.31. The fourth-order valence-corrected chi connectivity index (χ4v) is 2.00. The quantitative estimate of drug-likeness (QED) is 0.365. The highest BCUT2D eigenvalue weighted by atomic mass is 35.5. The van der Waals surface area contributed by atoms with Crippen LogP contribution in [0.25, 0.3) is 0 Å². The Morgan fingerprint density at radius 1 is 1.27 bits per heavy atom. The third kappa shape index (κ3) is 9.65. The van der Waals surface area contributed by atoms with Crippen LogP contribution in [0, 0.1) is 0 Å². The number of aromatic nitrogens is 1. The van der Waals surface area contributed by atoms with Crippen LogP contribution in [0.4, 0.5) is 10.2 Å². The first-order valence-corrected chi connectivity index (χ1v) is 9.00. The van der Waals surface area contributed by atoms with Crippen molar-refractivity contribution in [3.63, 3.8) is 0 Å². The third-order valence-corrected chi connectivity index (χ3v) is 3.43. The van der Waals surface area contributed by atoms with Gasteiger partial charge in [-0.05, 0) is 12.1 Å². The van der Waals surface area contributed by atoms with Gasteiger partial charge in [-0.2, -0.15) is 0 Å². The lowest BCUT2D eigenvalue weighted by Crippen LogP contribution is -2.30. The number of carbonyl (C=O) groups excluding carboxylic acids is 3. The van der Waals surface area contributed by atoms with Crippen LogP contribution in [0.2, 0.25) is 0 Å². The van der Waals surface area contributed by atoms with E-state index < -0.39 is 24.2 Å². The van der Waals surface area contributed by atoms with E-state index in [1.54, 1.807) is 12.1 Å². The Bertz CT molecular complexity index is 899. The molecule has 1 aromatic heterocycles. The Morgan fingerprint density at radius 2 is 1.97 bits per heavy atom. The molecule has 1 heterocycles. The first-order valence-electron chi connectivity index (χ1n) is 8.62. The maximum Gasteiger partial charge on any atom is 0.269 e. The van der Waals surface area contributed by atoms with Crippen molar-refractivity contribution in [3.05, 3.63) is 72.0 Å². The first kappa shape index (κ1) is 24.6. The zero-order valence-corrected chi connectivity index (χ0v) is 17.1.